The van der Waals surface area contributed by atoms with Gasteiger partial charge in [0.1, 0.15) is 0 Å². The Bertz CT molecular complexity index is 389. The van der Waals surface area contributed by atoms with E-state index >= 15 is 0 Å². The van der Waals surface area contributed by atoms with Crippen molar-refractivity contribution in [3.63, 3.8) is 0 Å². The van der Waals surface area contributed by atoms with E-state index in [1.165, 1.54) is 16.2 Å². The Morgan fingerprint density at radius 2 is 2.24 bits per heavy atom. The summed E-state index contributed by atoms with van der Waals surface area (Å²) in [5.74, 6) is -0.0411. The highest BCUT2D eigenvalue weighted by Gasteiger charge is 2.25. The molecule has 1 aliphatic carbocycles. The van der Waals surface area contributed by atoms with Gasteiger partial charge < -0.3 is 10.4 Å². The molecule has 1 heterocycles. The van der Waals surface area contributed by atoms with E-state index in [4.69, 9.17) is 0 Å². The molecule has 2 rings (SSSR count). The Morgan fingerprint density at radius 1 is 1.47 bits per heavy atom. The van der Waals surface area contributed by atoms with Crippen LogP contribution in [-0.2, 0) is 6.42 Å². The molecule has 1 fully saturated rings. The van der Waals surface area contributed by atoms with Crippen LogP contribution in [0.2, 0.25) is 0 Å². The number of hydrogen-bond donors (Lipinski definition) is 2. The van der Waals surface area contributed by atoms with Gasteiger partial charge in [0.25, 0.3) is 5.91 Å². The first-order valence-corrected chi connectivity index (χ1v) is 7.10. The molecule has 1 aliphatic rings. The third-order valence-electron chi connectivity index (χ3n) is 3.28. The average Bonchev–Trinajstić information content (AvgIpc) is 2.81. The number of aryl methyl sites for hydroxylation is 1. The van der Waals surface area contributed by atoms with E-state index in [-0.39, 0.29) is 18.1 Å². The molecule has 1 aromatic rings. The molecule has 2 N–H and O–H groups in total. The first-order chi connectivity index (χ1) is 8.20. The minimum absolute atomic E-state index is 0.0411. The minimum atomic E-state index is -0.377. The van der Waals surface area contributed by atoms with E-state index in [1.54, 1.807) is 0 Å². The van der Waals surface area contributed by atoms with E-state index in [0.717, 1.165) is 37.0 Å². The molecule has 0 radical (unpaired) electrons. The fourth-order valence-electron chi connectivity index (χ4n) is 2.21. The summed E-state index contributed by atoms with van der Waals surface area (Å²) < 4.78 is 0. The molecule has 1 amide bonds. The first kappa shape index (κ1) is 12.6. The average molecular weight is 253 g/mol. The Hall–Kier alpha value is -0.870. The number of carbonyl (C=O) groups excluding carboxylic acids is 1. The Kier molecular flexibility index (Phi) is 4.18. The van der Waals surface area contributed by atoms with Crippen molar-refractivity contribution in [1.29, 1.82) is 0 Å². The van der Waals surface area contributed by atoms with Crippen LogP contribution in [-0.4, -0.2) is 23.2 Å². The maximum Gasteiger partial charge on any atom is 0.261 e. The molecule has 0 saturated heterocycles. The molecule has 3 nitrogen and oxygen atoms in total. The standard InChI is InChI=1S/C13H19NO2S/c1-2-9-7-8-12(17-9)13(16)14-10-5-3-4-6-11(10)15/h7-8,10-11,15H,2-6H2,1H3,(H,14,16)/t10-,11-/m1/s1. The van der Waals surface area contributed by atoms with Gasteiger partial charge in [0.15, 0.2) is 0 Å². The summed E-state index contributed by atoms with van der Waals surface area (Å²) in [6.07, 6.45) is 4.43. The van der Waals surface area contributed by atoms with Crippen LogP contribution >= 0.6 is 11.3 Å². The third kappa shape index (κ3) is 3.07. The lowest BCUT2D eigenvalue weighted by molar-refractivity contribution is 0.0720. The lowest BCUT2D eigenvalue weighted by Gasteiger charge is -2.28. The summed E-state index contributed by atoms with van der Waals surface area (Å²) in [4.78, 5) is 13.9. The zero-order chi connectivity index (χ0) is 12.3. The largest absolute Gasteiger partial charge is 0.391 e. The van der Waals surface area contributed by atoms with Gasteiger partial charge in [-0.3, -0.25) is 4.79 Å². The second-order valence-corrected chi connectivity index (χ2v) is 5.72. The van der Waals surface area contributed by atoms with Gasteiger partial charge in [0, 0.05) is 4.88 Å². The van der Waals surface area contributed by atoms with Gasteiger partial charge in [-0.1, -0.05) is 19.8 Å². The minimum Gasteiger partial charge on any atom is -0.391 e. The van der Waals surface area contributed by atoms with Crippen molar-refractivity contribution in [3.8, 4) is 0 Å². The maximum absolute atomic E-state index is 12.0. The fraction of sp³-hybridized carbons (Fsp3) is 0.615. The zero-order valence-electron chi connectivity index (χ0n) is 10.1. The number of carbonyl (C=O) groups is 1. The number of amides is 1. The van der Waals surface area contributed by atoms with Crippen LogP contribution in [0.15, 0.2) is 12.1 Å². The zero-order valence-corrected chi connectivity index (χ0v) is 10.9. The van der Waals surface area contributed by atoms with Crippen molar-refractivity contribution < 1.29 is 9.90 Å². The topological polar surface area (TPSA) is 49.3 Å². The van der Waals surface area contributed by atoms with Gasteiger partial charge >= 0.3 is 0 Å². The molecule has 4 heteroatoms. The first-order valence-electron chi connectivity index (χ1n) is 6.28. The number of nitrogens with one attached hydrogen (secondary N) is 1. The second kappa shape index (κ2) is 5.65. The molecular formula is C13H19NO2S. The van der Waals surface area contributed by atoms with Crippen molar-refractivity contribution in [2.45, 2.75) is 51.2 Å². The highest BCUT2D eigenvalue weighted by molar-refractivity contribution is 7.14. The number of hydrogen-bond acceptors (Lipinski definition) is 3. The monoisotopic (exact) mass is 253 g/mol. The molecule has 94 valence electrons. The van der Waals surface area contributed by atoms with Crippen LogP contribution in [0, 0.1) is 0 Å². The van der Waals surface area contributed by atoms with Gasteiger partial charge in [-0.25, -0.2) is 0 Å². The third-order valence-corrected chi connectivity index (χ3v) is 4.51. The fourth-order valence-corrected chi connectivity index (χ4v) is 3.06. The summed E-state index contributed by atoms with van der Waals surface area (Å²) >= 11 is 1.54. The Balaban J connectivity index is 1.96. The van der Waals surface area contributed by atoms with Gasteiger partial charge in [-0.15, -0.1) is 11.3 Å². The lowest BCUT2D eigenvalue weighted by atomic mass is 9.92. The number of rotatable bonds is 3. The van der Waals surface area contributed by atoms with Gasteiger partial charge in [0.05, 0.1) is 17.0 Å². The Morgan fingerprint density at radius 3 is 2.88 bits per heavy atom. The molecule has 1 aromatic heterocycles. The predicted octanol–water partition coefficient (Wildman–Crippen LogP) is 2.34. The molecule has 0 spiro atoms. The number of aliphatic hydroxyl groups is 1. The maximum atomic E-state index is 12.0. The van der Waals surface area contributed by atoms with Crippen LogP contribution in [0.25, 0.3) is 0 Å². The van der Waals surface area contributed by atoms with E-state index < -0.39 is 0 Å². The molecule has 0 bridgehead atoms. The van der Waals surface area contributed by atoms with Crippen LogP contribution in [0.3, 0.4) is 0 Å². The normalized spacial score (nSPS) is 24.6. The summed E-state index contributed by atoms with van der Waals surface area (Å²) in [6, 6.07) is 3.80. The molecule has 0 aliphatic heterocycles. The summed E-state index contributed by atoms with van der Waals surface area (Å²) in [5.41, 5.74) is 0. The van der Waals surface area contributed by atoms with Crippen LogP contribution in [0.4, 0.5) is 0 Å². The lowest BCUT2D eigenvalue weighted by Crippen LogP contribution is -2.44. The molecule has 0 unspecified atom stereocenters. The van der Waals surface area contributed by atoms with Crippen LogP contribution in [0.1, 0.15) is 47.2 Å². The number of thiophene rings is 1. The van der Waals surface area contributed by atoms with E-state index in [9.17, 15) is 9.90 Å². The SMILES string of the molecule is CCc1ccc(C(=O)N[C@@H]2CCCC[C@H]2O)s1. The van der Waals surface area contributed by atoms with Crippen LogP contribution < -0.4 is 5.32 Å². The molecule has 2 atom stereocenters. The van der Waals surface area contributed by atoms with Gasteiger partial charge in [-0.2, -0.15) is 0 Å². The van der Waals surface area contributed by atoms with E-state index in [1.807, 2.05) is 12.1 Å². The Labute approximate surface area is 106 Å². The summed E-state index contributed by atoms with van der Waals surface area (Å²) in [7, 11) is 0. The molecule has 0 aromatic carbocycles. The predicted molar refractivity (Wildman–Crippen MR) is 69.4 cm³/mol. The van der Waals surface area contributed by atoms with E-state index in [0.29, 0.717) is 0 Å². The molecule has 1 saturated carbocycles. The molecule has 17 heavy (non-hydrogen) atoms. The van der Waals surface area contributed by atoms with Crippen molar-refractivity contribution in [2.75, 3.05) is 0 Å². The van der Waals surface area contributed by atoms with Crippen molar-refractivity contribution in [2.24, 2.45) is 0 Å². The van der Waals surface area contributed by atoms with Crippen molar-refractivity contribution in [3.05, 3.63) is 21.9 Å². The highest BCUT2D eigenvalue weighted by Crippen LogP contribution is 2.21. The highest BCUT2D eigenvalue weighted by atomic mass is 32.1. The second-order valence-electron chi connectivity index (χ2n) is 4.55. The van der Waals surface area contributed by atoms with Crippen LogP contribution in [0.5, 0.6) is 0 Å². The summed E-state index contributed by atoms with van der Waals surface area (Å²) in [5, 5.41) is 12.7. The van der Waals surface area contributed by atoms with E-state index in [2.05, 4.69) is 12.2 Å². The quantitative estimate of drug-likeness (QED) is 0.868. The smallest absolute Gasteiger partial charge is 0.261 e. The molecular weight excluding hydrogens is 234 g/mol. The van der Waals surface area contributed by atoms with Crippen molar-refractivity contribution >= 4 is 17.2 Å². The number of aliphatic hydroxyl groups excluding tert-OH is 1. The van der Waals surface area contributed by atoms with Gasteiger partial charge in [0.2, 0.25) is 0 Å². The van der Waals surface area contributed by atoms with Gasteiger partial charge in [-0.05, 0) is 31.4 Å². The van der Waals surface area contributed by atoms with Crippen molar-refractivity contribution in [1.82, 2.24) is 5.32 Å². The summed E-state index contributed by atoms with van der Waals surface area (Å²) in [6.45, 7) is 2.08.